The van der Waals surface area contributed by atoms with E-state index in [9.17, 15) is 4.79 Å². The SMILES string of the molecule is O=c1[nH]nc(Cl)c2c1nnn2Cc1ccccc1Cl. The first-order valence-electron chi connectivity index (χ1n) is 5.37. The standard InChI is InChI=1S/C11H7Cl2N5O/c12-7-4-2-1-3-6(7)5-18-9-8(14-17-18)11(19)16-15-10(9)13/h1-4H,5H2,(H,16,19). The number of H-pyrrole nitrogens is 1. The number of aromatic nitrogens is 5. The number of aromatic amines is 1. The molecule has 3 rings (SSSR count). The van der Waals surface area contributed by atoms with Gasteiger partial charge in [0, 0.05) is 5.02 Å². The average molecular weight is 296 g/mol. The van der Waals surface area contributed by atoms with E-state index in [0.29, 0.717) is 17.1 Å². The average Bonchev–Trinajstić information content (AvgIpc) is 2.82. The van der Waals surface area contributed by atoms with Crippen LogP contribution < -0.4 is 5.56 Å². The van der Waals surface area contributed by atoms with Crippen LogP contribution in [-0.4, -0.2) is 25.2 Å². The molecule has 2 aromatic heterocycles. The second-order valence-electron chi connectivity index (χ2n) is 3.88. The number of hydrogen-bond donors (Lipinski definition) is 1. The molecule has 0 atom stereocenters. The van der Waals surface area contributed by atoms with Crippen LogP contribution in [0.4, 0.5) is 0 Å². The quantitative estimate of drug-likeness (QED) is 0.783. The van der Waals surface area contributed by atoms with Crippen molar-refractivity contribution in [3.8, 4) is 0 Å². The van der Waals surface area contributed by atoms with Crippen LogP contribution in [0.15, 0.2) is 29.1 Å². The van der Waals surface area contributed by atoms with Crippen molar-refractivity contribution >= 4 is 34.2 Å². The van der Waals surface area contributed by atoms with Crippen LogP contribution in [0.3, 0.4) is 0 Å². The van der Waals surface area contributed by atoms with E-state index < -0.39 is 5.56 Å². The van der Waals surface area contributed by atoms with E-state index in [1.165, 1.54) is 4.68 Å². The first-order chi connectivity index (χ1) is 9.16. The number of nitrogens with one attached hydrogen (secondary N) is 1. The van der Waals surface area contributed by atoms with Crippen LogP contribution in [0.5, 0.6) is 0 Å². The van der Waals surface area contributed by atoms with Crippen molar-refractivity contribution in [2.75, 3.05) is 0 Å². The molecular weight excluding hydrogens is 289 g/mol. The summed E-state index contributed by atoms with van der Waals surface area (Å²) in [6.45, 7) is 0.362. The van der Waals surface area contributed by atoms with Gasteiger partial charge in [0.1, 0.15) is 5.52 Å². The van der Waals surface area contributed by atoms with Crippen molar-refractivity contribution in [1.82, 2.24) is 25.2 Å². The highest BCUT2D eigenvalue weighted by molar-refractivity contribution is 6.33. The number of benzene rings is 1. The molecule has 96 valence electrons. The summed E-state index contributed by atoms with van der Waals surface area (Å²) in [6, 6.07) is 7.35. The molecule has 0 saturated carbocycles. The Morgan fingerprint density at radius 2 is 2.05 bits per heavy atom. The van der Waals surface area contributed by atoms with E-state index in [2.05, 4.69) is 20.5 Å². The van der Waals surface area contributed by atoms with E-state index in [0.717, 1.165) is 5.56 Å². The fourth-order valence-electron chi connectivity index (χ4n) is 1.77. The van der Waals surface area contributed by atoms with Gasteiger partial charge in [0.05, 0.1) is 6.54 Å². The molecule has 0 bridgehead atoms. The summed E-state index contributed by atoms with van der Waals surface area (Å²) in [5, 5.41) is 14.4. The van der Waals surface area contributed by atoms with Crippen molar-refractivity contribution in [3.63, 3.8) is 0 Å². The molecule has 1 N–H and O–H groups in total. The molecule has 0 fully saturated rings. The van der Waals surface area contributed by atoms with Crippen molar-refractivity contribution < 1.29 is 0 Å². The zero-order chi connectivity index (χ0) is 13.4. The molecule has 3 aromatic rings. The lowest BCUT2D eigenvalue weighted by Gasteiger charge is -2.04. The minimum atomic E-state index is -0.426. The molecule has 0 spiro atoms. The minimum absolute atomic E-state index is 0.145. The molecule has 1 aromatic carbocycles. The Morgan fingerprint density at radius 1 is 1.26 bits per heavy atom. The number of hydrogen-bond acceptors (Lipinski definition) is 4. The topological polar surface area (TPSA) is 76.5 Å². The first kappa shape index (κ1) is 12.1. The maximum absolute atomic E-state index is 11.5. The summed E-state index contributed by atoms with van der Waals surface area (Å²) in [6.07, 6.45) is 0. The predicted octanol–water partition coefficient (Wildman–Crippen LogP) is 1.87. The number of nitrogens with zero attached hydrogens (tertiary/aromatic N) is 4. The van der Waals surface area contributed by atoms with Crippen LogP contribution in [0.25, 0.3) is 11.0 Å². The van der Waals surface area contributed by atoms with Crippen LogP contribution in [0, 0.1) is 0 Å². The van der Waals surface area contributed by atoms with Gasteiger partial charge < -0.3 is 0 Å². The molecule has 0 aliphatic carbocycles. The summed E-state index contributed by atoms with van der Waals surface area (Å²) in [4.78, 5) is 11.5. The van der Waals surface area contributed by atoms with Crippen LogP contribution in [0.2, 0.25) is 10.2 Å². The second-order valence-corrected chi connectivity index (χ2v) is 4.64. The van der Waals surface area contributed by atoms with E-state index in [1.54, 1.807) is 6.07 Å². The van der Waals surface area contributed by atoms with Gasteiger partial charge in [0.2, 0.25) is 0 Å². The molecule has 0 saturated heterocycles. The van der Waals surface area contributed by atoms with E-state index >= 15 is 0 Å². The highest BCUT2D eigenvalue weighted by Crippen LogP contribution is 2.20. The fourth-order valence-corrected chi connectivity index (χ4v) is 2.20. The number of rotatable bonds is 2. The van der Waals surface area contributed by atoms with Gasteiger partial charge in [-0.25, -0.2) is 9.78 Å². The maximum Gasteiger partial charge on any atom is 0.294 e. The maximum atomic E-state index is 11.5. The van der Waals surface area contributed by atoms with Gasteiger partial charge in [0.15, 0.2) is 10.7 Å². The normalized spacial score (nSPS) is 11.1. The third kappa shape index (κ3) is 2.09. The number of fused-ring (bicyclic) bond motifs is 1. The monoisotopic (exact) mass is 295 g/mol. The van der Waals surface area contributed by atoms with Crippen molar-refractivity contribution in [1.29, 1.82) is 0 Å². The molecule has 8 heteroatoms. The molecular formula is C11H7Cl2N5O. The molecule has 0 radical (unpaired) electrons. The number of halogens is 2. The Balaban J connectivity index is 2.15. The van der Waals surface area contributed by atoms with Crippen molar-refractivity contribution in [2.24, 2.45) is 0 Å². The lowest BCUT2D eigenvalue weighted by Crippen LogP contribution is -2.10. The van der Waals surface area contributed by atoms with Gasteiger partial charge in [-0.3, -0.25) is 4.79 Å². The Morgan fingerprint density at radius 3 is 2.84 bits per heavy atom. The van der Waals surface area contributed by atoms with Gasteiger partial charge in [-0.15, -0.1) is 5.10 Å². The Labute approximate surface area is 117 Å². The van der Waals surface area contributed by atoms with E-state index in [4.69, 9.17) is 23.2 Å². The van der Waals surface area contributed by atoms with E-state index in [-0.39, 0.29) is 10.7 Å². The summed E-state index contributed by atoms with van der Waals surface area (Å²) in [5.74, 6) is 0. The van der Waals surface area contributed by atoms with Gasteiger partial charge in [-0.1, -0.05) is 46.6 Å². The third-order valence-corrected chi connectivity index (χ3v) is 3.31. The molecule has 0 aliphatic heterocycles. The largest absolute Gasteiger partial charge is 0.294 e. The smallest absolute Gasteiger partial charge is 0.265 e. The fraction of sp³-hybridized carbons (Fsp3) is 0.0909. The molecule has 0 unspecified atom stereocenters. The summed E-state index contributed by atoms with van der Waals surface area (Å²) >= 11 is 12.1. The van der Waals surface area contributed by atoms with E-state index in [1.807, 2.05) is 18.2 Å². The second kappa shape index (κ2) is 4.64. The van der Waals surface area contributed by atoms with Gasteiger partial charge in [-0.05, 0) is 11.6 Å². The van der Waals surface area contributed by atoms with Crippen LogP contribution >= 0.6 is 23.2 Å². The summed E-state index contributed by atoms with van der Waals surface area (Å²) < 4.78 is 1.50. The van der Waals surface area contributed by atoms with Crippen molar-refractivity contribution in [3.05, 3.63) is 50.4 Å². The zero-order valence-electron chi connectivity index (χ0n) is 9.47. The molecule has 2 heterocycles. The lowest BCUT2D eigenvalue weighted by molar-refractivity contribution is 0.669. The highest BCUT2D eigenvalue weighted by Gasteiger charge is 2.14. The Hall–Kier alpha value is -1.92. The van der Waals surface area contributed by atoms with Crippen LogP contribution in [-0.2, 0) is 6.54 Å². The molecule has 19 heavy (non-hydrogen) atoms. The highest BCUT2D eigenvalue weighted by atomic mass is 35.5. The van der Waals surface area contributed by atoms with Crippen LogP contribution in [0.1, 0.15) is 5.56 Å². The zero-order valence-corrected chi connectivity index (χ0v) is 11.0. The lowest BCUT2D eigenvalue weighted by atomic mass is 10.2. The summed E-state index contributed by atoms with van der Waals surface area (Å²) in [5.41, 5.74) is 0.981. The third-order valence-electron chi connectivity index (χ3n) is 2.68. The van der Waals surface area contributed by atoms with Gasteiger partial charge in [0.25, 0.3) is 5.56 Å². The Kier molecular flexibility index (Phi) is 2.96. The van der Waals surface area contributed by atoms with Gasteiger partial charge in [-0.2, -0.15) is 5.10 Å². The minimum Gasteiger partial charge on any atom is -0.265 e. The molecule has 6 nitrogen and oxygen atoms in total. The van der Waals surface area contributed by atoms with Crippen molar-refractivity contribution in [2.45, 2.75) is 6.54 Å². The molecule has 0 amide bonds. The van der Waals surface area contributed by atoms with Gasteiger partial charge >= 0.3 is 0 Å². The first-order valence-corrected chi connectivity index (χ1v) is 6.13. The molecule has 0 aliphatic rings. The predicted molar refractivity (Wildman–Crippen MR) is 71.5 cm³/mol. The summed E-state index contributed by atoms with van der Waals surface area (Å²) in [7, 11) is 0. The Bertz CT molecular complexity index is 810.